The van der Waals surface area contributed by atoms with Crippen molar-refractivity contribution in [3.05, 3.63) is 34.3 Å². The van der Waals surface area contributed by atoms with Gasteiger partial charge in [0, 0.05) is 11.0 Å². The van der Waals surface area contributed by atoms with Gasteiger partial charge in [-0.1, -0.05) is 28.1 Å². The highest BCUT2D eigenvalue weighted by molar-refractivity contribution is 9.10. The number of rotatable bonds is 1. The van der Waals surface area contributed by atoms with Crippen LogP contribution in [0.4, 0.5) is 0 Å². The predicted octanol–water partition coefficient (Wildman–Crippen LogP) is 1.71. The van der Waals surface area contributed by atoms with Gasteiger partial charge < -0.3 is 5.73 Å². The van der Waals surface area contributed by atoms with E-state index in [1.165, 1.54) is 0 Å². The third-order valence-corrected chi connectivity index (χ3v) is 1.52. The van der Waals surface area contributed by atoms with Gasteiger partial charge in [0.15, 0.2) is 0 Å². The van der Waals surface area contributed by atoms with Crippen molar-refractivity contribution in [2.75, 3.05) is 0 Å². The number of benzene rings is 1. The molecule has 0 aliphatic carbocycles. The average Bonchev–Trinajstić information content (AvgIpc) is 1.88. The van der Waals surface area contributed by atoms with Gasteiger partial charge in [-0.05, 0) is 17.7 Å². The lowest BCUT2D eigenvalue weighted by atomic mass is 10.2. The van der Waals surface area contributed by atoms with E-state index in [1.54, 1.807) is 0 Å². The maximum Gasteiger partial charge on any atom is 0.0257 e. The van der Waals surface area contributed by atoms with E-state index in [2.05, 4.69) is 22.0 Å². The van der Waals surface area contributed by atoms with E-state index >= 15 is 0 Å². The van der Waals surface area contributed by atoms with Crippen molar-refractivity contribution in [3.8, 4) is 0 Å². The van der Waals surface area contributed by atoms with Crippen LogP contribution in [0.1, 0.15) is 5.56 Å². The molecule has 47 valence electrons. The first-order chi connectivity index (χ1) is 4.33. The highest BCUT2D eigenvalue weighted by Gasteiger charge is 1.87. The SMILES string of the molecule is NCc1cc[c]c(Br)c1. The smallest absolute Gasteiger partial charge is 0.0257 e. The Kier molecular flexibility index (Phi) is 2.25. The van der Waals surface area contributed by atoms with Crippen molar-refractivity contribution in [3.63, 3.8) is 0 Å². The molecule has 0 saturated heterocycles. The number of hydrogen-bond donors (Lipinski definition) is 1. The molecule has 0 fully saturated rings. The lowest BCUT2D eigenvalue weighted by Crippen LogP contribution is -1.94. The first-order valence-corrected chi connectivity index (χ1v) is 3.48. The molecule has 9 heavy (non-hydrogen) atoms. The van der Waals surface area contributed by atoms with E-state index in [0.717, 1.165) is 10.0 Å². The minimum absolute atomic E-state index is 0.591. The Bertz CT molecular complexity index is 198. The van der Waals surface area contributed by atoms with E-state index in [-0.39, 0.29) is 0 Å². The molecule has 2 N–H and O–H groups in total. The van der Waals surface area contributed by atoms with E-state index in [4.69, 9.17) is 5.73 Å². The molecule has 0 amide bonds. The summed E-state index contributed by atoms with van der Waals surface area (Å²) in [6, 6.07) is 8.73. The normalized spacial score (nSPS) is 9.56. The van der Waals surface area contributed by atoms with Crippen molar-refractivity contribution in [2.24, 2.45) is 5.73 Å². The highest BCUT2D eigenvalue weighted by atomic mass is 79.9. The summed E-state index contributed by atoms with van der Waals surface area (Å²) < 4.78 is 0.963. The second-order valence-electron chi connectivity index (χ2n) is 1.75. The van der Waals surface area contributed by atoms with Gasteiger partial charge in [-0.15, -0.1) is 0 Å². The van der Waals surface area contributed by atoms with Crippen molar-refractivity contribution < 1.29 is 0 Å². The maximum absolute atomic E-state index is 5.38. The van der Waals surface area contributed by atoms with Gasteiger partial charge in [-0.2, -0.15) is 0 Å². The summed E-state index contributed by atoms with van der Waals surface area (Å²) in [5.41, 5.74) is 6.51. The maximum atomic E-state index is 5.38. The van der Waals surface area contributed by atoms with Gasteiger partial charge >= 0.3 is 0 Å². The molecule has 1 radical (unpaired) electrons. The van der Waals surface area contributed by atoms with Gasteiger partial charge in [-0.3, -0.25) is 0 Å². The molecule has 0 bridgehead atoms. The fraction of sp³-hybridized carbons (Fsp3) is 0.143. The number of hydrogen-bond acceptors (Lipinski definition) is 1. The van der Waals surface area contributed by atoms with Crippen molar-refractivity contribution >= 4 is 15.9 Å². The van der Waals surface area contributed by atoms with Gasteiger partial charge in [0.1, 0.15) is 0 Å². The van der Waals surface area contributed by atoms with Crippen LogP contribution in [0, 0.1) is 6.07 Å². The molecule has 0 aromatic heterocycles. The van der Waals surface area contributed by atoms with Crippen LogP contribution in [0.5, 0.6) is 0 Å². The van der Waals surface area contributed by atoms with E-state index in [0.29, 0.717) is 6.54 Å². The van der Waals surface area contributed by atoms with Crippen molar-refractivity contribution in [2.45, 2.75) is 6.54 Å². The zero-order valence-electron chi connectivity index (χ0n) is 4.89. The molecule has 0 spiro atoms. The Labute approximate surface area is 63.0 Å². The molecule has 1 aromatic carbocycles. The van der Waals surface area contributed by atoms with Crippen molar-refractivity contribution in [1.29, 1.82) is 0 Å². The Morgan fingerprint density at radius 3 is 2.89 bits per heavy atom. The number of halogens is 1. The van der Waals surface area contributed by atoms with Crippen LogP contribution in [0.15, 0.2) is 22.7 Å². The van der Waals surface area contributed by atoms with Gasteiger partial charge in [-0.25, -0.2) is 0 Å². The lowest BCUT2D eigenvalue weighted by Gasteiger charge is -1.93. The van der Waals surface area contributed by atoms with Crippen LogP contribution in [0.3, 0.4) is 0 Å². The molecule has 0 atom stereocenters. The molecule has 0 aliphatic heterocycles. The molecule has 1 aromatic rings. The standard InChI is InChI=1S/C7H7BrN/c8-7-3-1-2-6(4-7)5-9/h1-2,4H,5,9H2. The molecule has 0 aliphatic rings. The first kappa shape index (κ1) is 6.78. The Morgan fingerprint density at radius 2 is 2.44 bits per heavy atom. The van der Waals surface area contributed by atoms with Crippen LogP contribution >= 0.6 is 15.9 Å². The van der Waals surface area contributed by atoms with Gasteiger partial charge in [0.2, 0.25) is 0 Å². The Hall–Kier alpha value is -0.340. The van der Waals surface area contributed by atoms with Crippen LogP contribution in [-0.2, 0) is 6.54 Å². The Morgan fingerprint density at radius 1 is 1.67 bits per heavy atom. The predicted molar refractivity (Wildman–Crippen MR) is 40.9 cm³/mol. The van der Waals surface area contributed by atoms with Crippen molar-refractivity contribution in [1.82, 2.24) is 0 Å². The lowest BCUT2D eigenvalue weighted by molar-refractivity contribution is 1.07. The summed E-state index contributed by atoms with van der Waals surface area (Å²) in [4.78, 5) is 0. The van der Waals surface area contributed by atoms with Gasteiger partial charge in [0.05, 0.1) is 0 Å². The van der Waals surface area contributed by atoms with Crippen LogP contribution in [-0.4, -0.2) is 0 Å². The average molecular weight is 185 g/mol. The minimum atomic E-state index is 0.591. The third-order valence-electron chi connectivity index (χ3n) is 1.07. The van der Waals surface area contributed by atoms with E-state index in [1.807, 2.05) is 18.2 Å². The summed E-state index contributed by atoms with van der Waals surface area (Å²) in [5.74, 6) is 0. The summed E-state index contributed by atoms with van der Waals surface area (Å²) in [5, 5.41) is 0. The molecular formula is C7H7BrN. The minimum Gasteiger partial charge on any atom is -0.326 e. The van der Waals surface area contributed by atoms with Crippen LogP contribution in [0.25, 0.3) is 0 Å². The molecule has 0 unspecified atom stereocenters. The molecular weight excluding hydrogens is 178 g/mol. The molecule has 2 heteroatoms. The quantitative estimate of drug-likeness (QED) is 0.707. The molecule has 1 rings (SSSR count). The highest BCUT2D eigenvalue weighted by Crippen LogP contribution is 2.09. The number of nitrogens with two attached hydrogens (primary N) is 1. The topological polar surface area (TPSA) is 26.0 Å². The second-order valence-corrected chi connectivity index (χ2v) is 2.60. The fourth-order valence-electron chi connectivity index (χ4n) is 0.608. The van der Waals surface area contributed by atoms with E-state index in [9.17, 15) is 0 Å². The van der Waals surface area contributed by atoms with Gasteiger partial charge in [0.25, 0.3) is 0 Å². The summed E-state index contributed by atoms with van der Waals surface area (Å²) in [6.07, 6.45) is 0. The zero-order chi connectivity index (χ0) is 6.69. The summed E-state index contributed by atoms with van der Waals surface area (Å²) in [6.45, 7) is 0.591. The molecule has 0 heterocycles. The fourth-order valence-corrected chi connectivity index (χ4v) is 1.03. The first-order valence-electron chi connectivity index (χ1n) is 2.69. The second kappa shape index (κ2) is 2.99. The largest absolute Gasteiger partial charge is 0.326 e. The Balaban J connectivity index is 2.94. The van der Waals surface area contributed by atoms with E-state index < -0.39 is 0 Å². The summed E-state index contributed by atoms with van der Waals surface area (Å²) in [7, 11) is 0. The third kappa shape index (κ3) is 1.80. The van der Waals surface area contributed by atoms with Crippen LogP contribution in [0.2, 0.25) is 0 Å². The monoisotopic (exact) mass is 184 g/mol. The van der Waals surface area contributed by atoms with Crippen LogP contribution < -0.4 is 5.73 Å². The summed E-state index contributed by atoms with van der Waals surface area (Å²) >= 11 is 3.29. The molecule has 1 nitrogen and oxygen atoms in total. The molecule has 0 saturated carbocycles. The zero-order valence-corrected chi connectivity index (χ0v) is 6.48.